The molecule has 2 N–H and O–H groups in total. The minimum atomic E-state index is -0.698. The number of halogens is 2. The minimum absolute atomic E-state index is 0.104. The van der Waals surface area contributed by atoms with Crippen LogP contribution in [0.2, 0.25) is 5.15 Å². The maximum Gasteiger partial charge on any atom is 0.199 e. The summed E-state index contributed by atoms with van der Waals surface area (Å²) in [6.45, 7) is 3.76. The number of nitrogens with two attached hydrogens (primary N) is 1. The highest BCUT2D eigenvalue weighted by molar-refractivity contribution is 6.30. The number of pyridine rings is 1. The van der Waals surface area contributed by atoms with Crippen LogP contribution >= 0.6 is 11.6 Å². The van der Waals surface area contributed by atoms with Gasteiger partial charge in [-0.15, -0.1) is 0 Å². The van der Waals surface area contributed by atoms with Crippen LogP contribution in [0.5, 0.6) is 5.75 Å². The Morgan fingerprint density at radius 3 is 2.70 bits per heavy atom. The van der Waals surface area contributed by atoms with Crippen LogP contribution in [0.3, 0.4) is 0 Å². The molecular formula is C15H17ClFN5O. The molecule has 0 aromatic carbocycles. The van der Waals surface area contributed by atoms with E-state index in [0.717, 1.165) is 5.57 Å². The Labute approximate surface area is 138 Å². The van der Waals surface area contributed by atoms with Gasteiger partial charge in [0.25, 0.3) is 0 Å². The Morgan fingerprint density at radius 1 is 1.48 bits per heavy atom. The van der Waals surface area contributed by atoms with Crippen molar-refractivity contribution in [2.24, 2.45) is 17.8 Å². The molecule has 0 aliphatic carbocycles. The molecule has 2 rings (SSSR count). The molecule has 0 aliphatic heterocycles. The zero-order chi connectivity index (χ0) is 17.1. The third kappa shape index (κ3) is 3.68. The quantitative estimate of drug-likeness (QED) is 0.527. The third-order valence-corrected chi connectivity index (χ3v) is 3.15. The molecule has 0 spiro atoms. The zero-order valence-electron chi connectivity index (χ0n) is 13.3. The van der Waals surface area contributed by atoms with Crippen LogP contribution in [0.25, 0.3) is 11.1 Å². The van der Waals surface area contributed by atoms with Gasteiger partial charge in [0.15, 0.2) is 22.5 Å². The number of hydrogen-bond acceptors (Lipinski definition) is 4. The zero-order valence-corrected chi connectivity index (χ0v) is 14.0. The van der Waals surface area contributed by atoms with E-state index in [1.54, 1.807) is 24.0 Å². The first-order chi connectivity index (χ1) is 10.8. The highest BCUT2D eigenvalue weighted by Gasteiger charge is 2.22. The predicted octanol–water partition coefficient (Wildman–Crippen LogP) is 3.24. The first-order valence-corrected chi connectivity index (χ1v) is 7.12. The maximum absolute atomic E-state index is 14.5. The summed E-state index contributed by atoms with van der Waals surface area (Å²) in [6, 6.07) is 0. The van der Waals surface area contributed by atoms with Gasteiger partial charge in [0.1, 0.15) is 5.84 Å². The van der Waals surface area contributed by atoms with Gasteiger partial charge in [0.05, 0.1) is 18.9 Å². The van der Waals surface area contributed by atoms with E-state index in [1.165, 1.54) is 13.3 Å². The molecule has 0 radical (unpaired) electrons. The summed E-state index contributed by atoms with van der Waals surface area (Å²) in [6.07, 6.45) is 4.82. The van der Waals surface area contributed by atoms with Gasteiger partial charge >= 0.3 is 0 Å². The smallest absolute Gasteiger partial charge is 0.199 e. The van der Waals surface area contributed by atoms with Crippen LogP contribution in [0.1, 0.15) is 13.8 Å². The number of rotatable bonds is 4. The van der Waals surface area contributed by atoms with Gasteiger partial charge in [-0.25, -0.2) is 14.4 Å². The highest BCUT2D eigenvalue weighted by atomic mass is 35.5. The van der Waals surface area contributed by atoms with E-state index in [0.29, 0.717) is 5.56 Å². The normalized spacial score (nSPS) is 11.5. The lowest BCUT2D eigenvalue weighted by atomic mass is 10.1. The second kappa shape index (κ2) is 6.78. The molecule has 122 valence electrons. The van der Waals surface area contributed by atoms with Crippen molar-refractivity contribution in [2.45, 2.75) is 13.8 Å². The second-order valence-electron chi connectivity index (χ2n) is 5.11. The first kappa shape index (κ1) is 17.0. The van der Waals surface area contributed by atoms with Crippen molar-refractivity contribution in [1.82, 2.24) is 14.8 Å². The minimum Gasteiger partial charge on any atom is -0.492 e. The van der Waals surface area contributed by atoms with Crippen molar-refractivity contribution in [2.75, 3.05) is 7.11 Å². The molecule has 0 aliphatic rings. The van der Waals surface area contributed by atoms with Gasteiger partial charge in [0, 0.05) is 18.8 Å². The van der Waals surface area contributed by atoms with Gasteiger partial charge in [-0.1, -0.05) is 17.2 Å². The van der Waals surface area contributed by atoms with Crippen LogP contribution in [0.4, 0.5) is 10.2 Å². The number of hydrogen-bond donors (Lipinski definition) is 1. The molecule has 0 bridgehead atoms. The van der Waals surface area contributed by atoms with Gasteiger partial charge in [0.2, 0.25) is 0 Å². The molecule has 2 aromatic heterocycles. The lowest BCUT2D eigenvalue weighted by Gasteiger charge is -2.11. The van der Waals surface area contributed by atoms with E-state index >= 15 is 0 Å². The van der Waals surface area contributed by atoms with Crippen LogP contribution < -0.4 is 10.5 Å². The number of aromatic nitrogens is 3. The Kier molecular flexibility index (Phi) is 5.00. The van der Waals surface area contributed by atoms with E-state index in [9.17, 15) is 4.39 Å². The number of nitrogens with zero attached hydrogens (tertiary/aromatic N) is 4. The number of amidine groups is 1. The average molecular weight is 338 g/mol. The molecule has 0 unspecified atom stereocenters. The van der Waals surface area contributed by atoms with Crippen molar-refractivity contribution < 1.29 is 9.13 Å². The van der Waals surface area contributed by atoms with Crippen molar-refractivity contribution >= 4 is 23.3 Å². The summed E-state index contributed by atoms with van der Waals surface area (Å²) in [5.41, 5.74) is 7.45. The van der Waals surface area contributed by atoms with Crippen LogP contribution in [0, 0.1) is 5.82 Å². The summed E-state index contributed by atoms with van der Waals surface area (Å²) in [5.74, 6) is -0.232. The Hall–Kier alpha value is -2.41. The predicted molar refractivity (Wildman–Crippen MR) is 88.7 cm³/mol. The van der Waals surface area contributed by atoms with Crippen molar-refractivity contribution in [1.29, 1.82) is 0 Å². The fourth-order valence-corrected chi connectivity index (χ4v) is 2.21. The lowest BCUT2D eigenvalue weighted by molar-refractivity contribution is 0.412. The molecule has 0 fully saturated rings. The highest BCUT2D eigenvalue weighted by Crippen LogP contribution is 2.41. The van der Waals surface area contributed by atoms with Crippen LogP contribution in [-0.2, 0) is 7.05 Å². The number of ether oxygens (including phenoxy) is 1. The Bertz CT molecular complexity index is 793. The number of methoxy groups -OCH3 is 1. The summed E-state index contributed by atoms with van der Waals surface area (Å²) in [7, 11) is 3.13. The second-order valence-corrected chi connectivity index (χ2v) is 5.47. The number of aryl methyl sites for hydroxylation is 1. The van der Waals surface area contributed by atoms with Crippen molar-refractivity contribution in [3.8, 4) is 16.9 Å². The Balaban J connectivity index is 2.70. The molecule has 2 aromatic rings. The summed E-state index contributed by atoms with van der Waals surface area (Å²) in [5, 5.41) is 3.72. The summed E-state index contributed by atoms with van der Waals surface area (Å²) >= 11 is 5.90. The van der Waals surface area contributed by atoms with E-state index in [2.05, 4.69) is 15.1 Å². The Morgan fingerprint density at radius 2 is 2.17 bits per heavy atom. The van der Waals surface area contributed by atoms with Gasteiger partial charge in [-0.2, -0.15) is 5.10 Å². The molecule has 0 saturated heterocycles. The molecule has 6 nitrogen and oxygen atoms in total. The third-order valence-electron chi connectivity index (χ3n) is 2.90. The standard InChI is InChI=1S/C15H17ClFN5O/c1-8(2)5-10(18)20-15-13(23-4)11(12(17)14(16)21-15)9-6-19-22(3)7-9/h5-7H,1-4H3,(H2,18,20,21). The maximum atomic E-state index is 14.5. The van der Waals surface area contributed by atoms with Crippen LogP contribution in [-0.4, -0.2) is 27.7 Å². The monoisotopic (exact) mass is 337 g/mol. The summed E-state index contributed by atoms with van der Waals surface area (Å²) in [4.78, 5) is 8.09. The van der Waals surface area contributed by atoms with E-state index < -0.39 is 5.82 Å². The molecule has 2 heterocycles. The molecule has 0 amide bonds. The van der Waals surface area contributed by atoms with Crippen LogP contribution in [0.15, 0.2) is 29.0 Å². The lowest BCUT2D eigenvalue weighted by Crippen LogP contribution is -2.08. The first-order valence-electron chi connectivity index (χ1n) is 6.74. The SMILES string of the molecule is COc1c(N=C(N)C=C(C)C)nc(Cl)c(F)c1-c1cnn(C)c1. The average Bonchev–Trinajstić information content (AvgIpc) is 2.87. The number of aliphatic imine (C=N–C) groups is 1. The fraction of sp³-hybridized carbons (Fsp3) is 0.267. The molecule has 23 heavy (non-hydrogen) atoms. The van der Waals surface area contributed by atoms with Crippen molar-refractivity contribution in [3.63, 3.8) is 0 Å². The van der Waals surface area contributed by atoms with Gasteiger partial charge < -0.3 is 10.5 Å². The van der Waals surface area contributed by atoms with E-state index in [-0.39, 0.29) is 28.1 Å². The topological polar surface area (TPSA) is 78.3 Å². The van der Waals surface area contributed by atoms with Crippen molar-refractivity contribution in [3.05, 3.63) is 35.0 Å². The number of allylic oxidation sites excluding steroid dienone is 1. The van der Waals surface area contributed by atoms with E-state index in [4.69, 9.17) is 22.1 Å². The largest absolute Gasteiger partial charge is 0.492 e. The molecular weight excluding hydrogens is 321 g/mol. The fourth-order valence-electron chi connectivity index (χ4n) is 2.04. The summed E-state index contributed by atoms with van der Waals surface area (Å²) < 4.78 is 21.3. The van der Waals surface area contributed by atoms with Gasteiger partial charge in [-0.05, 0) is 19.9 Å². The molecule has 8 heteroatoms. The molecule has 0 atom stereocenters. The van der Waals surface area contributed by atoms with E-state index in [1.807, 2.05) is 13.8 Å². The van der Waals surface area contributed by atoms with Gasteiger partial charge in [-0.3, -0.25) is 4.68 Å². The molecule has 0 saturated carbocycles.